The van der Waals surface area contributed by atoms with E-state index in [9.17, 15) is 4.79 Å². The van der Waals surface area contributed by atoms with Crippen LogP contribution in [0.1, 0.15) is 23.1 Å². The summed E-state index contributed by atoms with van der Waals surface area (Å²) in [6.07, 6.45) is 1.62. The summed E-state index contributed by atoms with van der Waals surface area (Å²) in [4.78, 5) is 16.0. The summed E-state index contributed by atoms with van der Waals surface area (Å²) in [5, 5.41) is 4.01. The highest BCUT2D eigenvalue weighted by Crippen LogP contribution is 2.31. The molecule has 0 amide bonds. The number of hydrogen-bond donors (Lipinski definition) is 0. The van der Waals surface area contributed by atoms with E-state index in [1.54, 1.807) is 10.7 Å². The zero-order valence-corrected chi connectivity index (χ0v) is 11.3. The van der Waals surface area contributed by atoms with Crippen molar-refractivity contribution in [1.29, 1.82) is 0 Å². The smallest absolute Gasteiger partial charge is 0.172 e. The highest BCUT2D eigenvalue weighted by Gasteiger charge is 2.17. The van der Waals surface area contributed by atoms with Crippen molar-refractivity contribution in [3.8, 4) is 0 Å². The summed E-state index contributed by atoms with van der Waals surface area (Å²) in [7, 11) is 0. The summed E-state index contributed by atoms with van der Waals surface area (Å²) < 4.78 is 2.61. The van der Waals surface area contributed by atoms with Gasteiger partial charge >= 0.3 is 0 Å². The second kappa shape index (κ2) is 5.16. The molecule has 0 aliphatic rings. The molecule has 0 saturated heterocycles. The Bertz CT molecular complexity index is 549. The number of nitrogens with zero attached hydrogens (tertiary/aromatic N) is 3. The Morgan fingerprint density at radius 2 is 2.29 bits per heavy atom. The van der Waals surface area contributed by atoms with Crippen LogP contribution in [0.2, 0.25) is 8.67 Å². The Morgan fingerprint density at radius 1 is 1.53 bits per heavy atom. The number of aryl methyl sites for hydroxylation is 1. The van der Waals surface area contributed by atoms with Gasteiger partial charge in [-0.2, -0.15) is 5.10 Å². The number of Topliss-reactive ketones (excluding diaryl/α,β-unsaturated/α-hetero) is 1. The molecular formula is C10H9Cl2N3OS. The van der Waals surface area contributed by atoms with Crippen molar-refractivity contribution >= 4 is 40.3 Å². The molecule has 7 heteroatoms. The molecule has 2 aromatic rings. The molecule has 0 spiro atoms. The average Bonchev–Trinajstić information content (AvgIpc) is 2.84. The molecule has 0 aliphatic heterocycles. The van der Waals surface area contributed by atoms with Crippen LogP contribution in [0, 0.1) is 0 Å². The molecule has 0 unspecified atom stereocenters. The lowest BCUT2D eigenvalue weighted by Crippen LogP contribution is -2.10. The predicted molar refractivity (Wildman–Crippen MR) is 68.1 cm³/mol. The molecule has 0 atom stereocenters. The first kappa shape index (κ1) is 12.5. The van der Waals surface area contributed by atoms with Gasteiger partial charge in [0, 0.05) is 12.1 Å². The molecule has 0 fully saturated rings. The first-order chi connectivity index (χ1) is 8.11. The van der Waals surface area contributed by atoms with E-state index < -0.39 is 0 Å². The van der Waals surface area contributed by atoms with E-state index in [0.29, 0.717) is 26.6 Å². The summed E-state index contributed by atoms with van der Waals surface area (Å²) >= 11 is 12.9. The lowest BCUT2D eigenvalue weighted by molar-refractivity contribution is 0.0990. The third-order valence-corrected chi connectivity index (χ3v) is 3.76. The zero-order valence-electron chi connectivity index (χ0n) is 8.98. The fourth-order valence-corrected chi connectivity index (χ4v) is 2.96. The SMILES string of the molecule is CCn1ncnc1CC(=O)c1cc(Cl)sc1Cl. The molecule has 2 rings (SSSR count). The second-order valence-corrected chi connectivity index (χ2v) is 5.62. The number of ketones is 1. The highest BCUT2D eigenvalue weighted by atomic mass is 35.5. The lowest BCUT2D eigenvalue weighted by atomic mass is 10.1. The topological polar surface area (TPSA) is 47.8 Å². The molecular weight excluding hydrogens is 281 g/mol. The minimum absolute atomic E-state index is 0.0964. The van der Waals surface area contributed by atoms with E-state index in [2.05, 4.69) is 10.1 Å². The first-order valence-electron chi connectivity index (χ1n) is 4.96. The maximum absolute atomic E-state index is 12.0. The Kier molecular flexibility index (Phi) is 3.81. The fourth-order valence-electron chi connectivity index (χ4n) is 1.46. The predicted octanol–water partition coefficient (Wildman–Crippen LogP) is 3.09. The Labute approximate surface area is 112 Å². The number of rotatable bonds is 4. The van der Waals surface area contributed by atoms with Gasteiger partial charge < -0.3 is 0 Å². The van der Waals surface area contributed by atoms with Crippen molar-refractivity contribution < 1.29 is 4.79 Å². The fraction of sp³-hybridized carbons (Fsp3) is 0.300. The molecule has 4 nitrogen and oxygen atoms in total. The Hall–Kier alpha value is -0.910. The molecule has 0 saturated carbocycles. The minimum atomic E-state index is -0.0964. The molecule has 0 N–H and O–H groups in total. The molecule has 17 heavy (non-hydrogen) atoms. The third-order valence-electron chi connectivity index (χ3n) is 2.27. The molecule has 2 heterocycles. The van der Waals surface area contributed by atoms with E-state index in [1.807, 2.05) is 6.92 Å². The maximum atomic E-state index is 12.0. The number of carbonyl (C=O) groups excluding carboxylic acids is 1. The van der Waals surface area contributed by atoms with Crippen LogP contribution in [-0.2, 0) is 13.0 Å². The van der Waals surface area contributed by atoms with Crippen LogP contribution in [-0.4, -0.2) is 20.5 Å². The molecule has 90 valence electrons. The van der Waals surface area contributed by atoms with Crippen molar-refractivity contribution in [3.05, 3.63) is 32.5 Å². The lowest BCUT2D eigenvalue weighted by Gasteiger charge is -2.01. The van der Waals surface area contributed by atoms with Gasteiger partial charge in [-0.05, 0) is 13.0 Å². The normalized spacial score (nSPS) is 10.8. The van der Waals surface area contributed by atoms with Crippen LogP contribution in [0.3, 0.4) is 0 Å². The maximum Gasteiger partial charge on any atom is 0.172 e. The summed E-state index contributed by atoms with van der Waals surface area (Å²) in [6.45, 7) is 2.62. The van der Waals surface area contributed by atoms with E-state index in [0.717, 1.165) is 0 Å². The van der Waals surface area contributed by atoms with Gasteiger partial charge in [0.2, 0.25) is 0 Å². The Balaban J connectivity index is 2.20. The minimum Gasteiger partial charge on any atom is -0.294 e. The van der Waals surface area contributed by atoms with E-state index >= 15 is 0 Å². The van der Waals surface area contributed by atoms with Gasteiger partial charge in [0.05, 0.1) is 10.8 Å². The van der Waals surface area contributed by atoms with Gasteiger partial charge in [-0.3, -0.25) is 4.79 Å². The van der Waals surface area contributed by atoms with Crippen molar-refractivity contribution in [2.75, 3.05) is 0 Å². The van der Waals surface area contributed by atoms with Crippen molar-refractivity contribution in [2.24, 2.45) is 0 Å². The van der Waals surface area contributed by atoms with Crippen LogP contribution >= 0.6 is 34.5 Å². The third kappa shape index (κ3) is 2.68. The molecule has 0 radical (unpaired) electrons. The standard InChI is InChI=1S/C10H9Cl2N3OS/c1-2-15-9(13-5-14-15)4-7(16)6-3-8(11)17-10(6)12/h3,5H,2,4H2,1H3. The summed E-state index contributed by atoms with van der Waals surface area (Å²) in [5.41, 5.74) is 0.451. The van der Waals surface area contributed by atoms with Crippen LogP contribution in [0.5, 0.6) is 0 Å². The summed E-state index contributed by atoms with van der Waals surface area (Å²) in [6, 6.07) is 1.59. The number of thiophene rings is 1. The van der Waals surface area contributed by atoms with E-state index in [4.69, 9.17) is 23.2 Å². The average molecular weight is 290 g/mol. The van der Waals surface area contributed by atoms with E-state index in [1.165, 1.54) is 17.7 Å². The van der Waals surface area contributed by atoms with Crippen molar-refractivity contribution in [1.82, 2.24) is 14.8 Å². The van der Waals surface area contributed by atoms with Crippen LogP contribution in [0.4, 0.5) is 0 Å². The molecule has 0 aliphatic carbocycles. The van der Waals surface area contributed by atoms with Gasteiger partial charge in [-0.1, -0.05) is 23.2 Å². The summed E-state index contributed by atoms with van der Waals surface area (Å²) in [5.74, 6) is 0.539. The van der Waals surface area contributed by atoms with Crippen LogP contribution < -0.4 is 0 Å². The highest BCUT2D eigenvalue weighted by molar-refractivity contribution is 7.20. The second-order valence-electron chi connectivity index (χ2n) is 3.33. The zero-order chi connectivity index (χ0) is 12.4. The van der Waals surface area contributed by atoms with Gasteiger partial charge in [-0.25, -0.2) is 9.67 Å². The molecule has 0 bridgehead atoms. The van der Waals surface area contributed by atoms with Crippen LogP contribution in [0.25, 0.3) is 0 Å². The first-order valence-corrected chi connectivity index (χ1v) is 6.53. The molecule has 2 aromatic heterocycles. The number of hydrogen-bond acceptors (Lipinski definition) is 4. The van der Waals surface area contributed by atoms with Crippen LogP contribution in [0.15, 0.2) is 12.4 Å². The van der Waals surface area contributed by atoms with Gasteiger partial charge in [0.25, 0.3) is 0 Å². The molecule has 0 aromatic carbocycles. The monoisotopic (exact) mass is 289 g/mol. The number of carbonyl (C=O) groups is 1. The number of aromatic nitrogens is 3. The Morgan fingerprint density at radius 3 is 2.88 bits per heavy atom. The largest absolute Gasteiger partial charge is 0.294 e. The van der Waals surface area contributed by atoms with Gasteiger partial charge in [0.1, 0.15) is 16.5 Å². The van der Waals surface area contributed by atoms with Crippen molar-refractivity contribution in [3.63, 3.8) is 0 Å². The van der Waals surface area contributed by atoms with Gasteiger partial charge in [-0.15, -0.1) is 11.3 Å². The number of halogens is 2. The van der Waals surface area contributed by atoms with Crippen molar-refractivity contribution in [2.45, 2.75) is 19.9 Å². The van der Waals surface area contributed by atoms with E-state index in [-0.39, 0.29) is 12.2 Å². The van der Waals surface area contributed by atoms with Gasteiger partial charge in [0.15, 0.2) is 5.78 Å². The quantitative estimate of drug-likeness (QED) is 0.813.